The lowest BCUT2D eigenvalue weighted by Gasteiger charge is -2.46. The van der Waals surface area contributed by atoms with Crippen molar-refractivity contribution >= 4 is 0 Å². The molecule has 1 saturated heterocycles. The lowest BCUT2D eigenvalue weighted by Crippen LogP contribution is -2.56. The molecule has 1 fully saturated rings. The summed E-state index contributed by atoms with van der Waals surface area (Å²) < 4.78 is 26.1. The number of aliphatic hydroxyl groups is 1. The van der Waals surface area contributed by atoms with Gasteiger partial charge in [-0.1, -0.05) is 121 Å². The van der Waals surface area contributed by atoms with E-state index in [0.717, 1.165) is 22.3 Å². The first-order chi connectivity index (χ1) is 19.3. The molecule has 5 atom stereocenters. The summed E-state index contributed by atoms with van der Waals surface area (Å²) in [6.07, 6.45) is -1.62. The van der Waals surface area contributed by atoms with Crippen LogP contribution in [0.15, 0.2) is 121 Å². The van der Waals surface area contributed by atoms with Gasteiger partial charge in [-0.3, -0.25) is 0 Å². The van der Waals surface area contributed by atoms with E-state index in [2.05, 4.69) is 0 Å². The van der Waals surface area contributed by atoms with E-state index < -0.39 is 18.3 Å². The van der Waals surface area contributed by atoms with E-state index in [-0.39, 0.29) is 18.6 Å². The third-order valence-electron chi connectivity index (χ3n) is 7.13. The molecular weight excluding hydrogens is 488 g/mol. The summed E-state index contributed by atoms with van der Waals surface area (Å²) in [7, 11) is 0. The summed E-state index contributed by atoms with van der Waals surface area (Å²) in [6.45, 7) is 1.53. The molecule has 5 heteroatoms. The predicted molar refractivity (Wildman–Crippen MR) is 151 cm³/mol. The molecule has 1 N–H and O–H groups in total. The van der Waals surface area contributed by atoms with Crippen molar-refractivity contribution in [2.45, 2.75) is 44.2 Å². The van der Waals surface area contributed by atoms with Crippen LogP contribution in [-0.4, -0.2) is 36.6 Å². The highest BCUT2D eigenvalue weighted by Crippen LogP contribution is 2.40. The zero-order valence-corrected chi connectivity index (χ0v) is 22.0. The summed E-state index contributed by atoms with van der Waals surface area (Å²) in [5, 5.41) is 10.7. The van der Waals surface area contributed by atoms with Crippen LogP contribution in [0.1, 0.15) is 28.4 Å². The standard InChI is InChI=1S/C34H36O5/c35-21-30-32(29-19-11-4-12-20-29)39-31(25-36-22-26-13-5-1-6-14-26)34(38-24-28-17-9-3-10-18-28)33(30)37-23-27-15-7-2-8-16-27/h1-20,30-35H,21-25H2/t30-,31+,32+,33+,34+/m0/s1. The first kappa shape index (κ1) is 27.3. The van der Waals surface area contributed by atoms with Crippen LogP contribution in [0.5, 0.6) is 0 Å². The SMILES string of the molecule is OC[C@@H]1[C@@H](OCc2ccccc2)[C@H](OCc2ccccc2)[C@@H](COCc2ccccc2)O[C@@H]1c1ccccc1. The Hall–Kier alpha value is -3.32. The summed E-state index contributed by atoms with van der Waals surface area (Å²) in [4.78, 5) is 0. The molecule has 0 amide bonds. The van der Waals surface area contributed by atoms with E-state index in [4.69, 9.17) is 18.9 Å². The van der Waals surface area contributed by atoms with Crippen LogP contribution < -0.4 is 0 Å². The zero-order chi connectivity index (χ0) is 26.7. The van der Waals surface area contributed by atoms with Crippen LogP contribution in [0, 0.1) is 5.92 Å². The smallest absolute Gasteiger partial charge is 0.113 e. The van der Waals surface area contributed by atoms with Crippen molar-refractivity contribution < 1.29 is 24.1 Å². The zero-order valence-electron chi connectivity index (χ0n) is 22.0. The van der Waals surface area contributed by atoms with E-state index >= 15 is 0 Å². The molecule has 1 heterocycles. The molecule has 0 aliphatic carbocycles. The van der Waals surface area contributed by atoms with Crippen molar-refractivity contribution in [2.75, 3.05) is 13.2 Å². The van der Waals surface area contributed by atoms with Crippen molar-refractivity contribution in [1.82, 2.24) is 0 Å². The lowest BCUT2D eigenvalue weighted by molar-refractivity contribution is -0.252. The molecule has 0 unspecified atom stereocenters. The third kappa shape index (κ3) is 7.41. The number of benzene rings is 4. The highest BCUT2D eigenvalue weighted by molar-refractivity contribution is 5.21. The van der Waals surface area contributed by atoms with Gasteiger partial charge < -0.3 is 24.1 Å². The number of ether oxygens (including phenoxy) is 4. The van der Waals surface area contributed by atoms with Crippen LogP contribution >= 0.6 is 0 Å². The maximum atomic E-state index is 10.7. The highest BCUT2D eigenvalue weighted by atomic mass is 16.6. The van der Waals surface area contributed by atoms with Gasteiger partial charge in [0.1, 0.15) is 12.2 Å². The molecule has 5 nitrogen and oxygen atoms in total. The molecule has 0 spiro atoms. The van der Waals surface area contributed by atoms with E-state index in [1.807, 2.05) is 121 Å². The Balaban J connectivity index is 1.41. The number of hydrogen-bond acceptors (Lipinski definition) is 5. The second-order valence-electron chi connectivity index (χ2n) is 9.88. The molecule has 1 aliphatic rings. The Morgan fingerprint density at radius 2 is 1.03 bits per heavy atom. The highest BCUT2D eigenvalue weighted by Gasteiger charge is 2.47. The van der Waals surface area contributed by atoms with Crippen molar-refractivity contribution in [3.63, 3.8) is 0 Å². The Bertz CT molecular complexity index is 1220. The molecule has 4 aromatic rings. The van der Waals surface area contributed by atoms with Gasteiger partial charge in [0.2, 0.25) is 0 Å². The second-order valence-corrected chi connectivity index (χ2v) is 9.88. The minimum absolute atomic E-state index is 0.0954. The van der Waals surface area contributed by atoms with Gasteiger partial charge in [-0.2, -0.15) is 0 Å². The van der Waals surface area contributed by atoms with Crippen molar-refractivity contribution in [1.29, 1.82) is 0 Å². The maximum Gasteiger partial charge on any atom is 0.113 e. The fourth-order valence-corrected chi connectivity index (χ4v) is 5.12. The molecule has 0 radical (unpaired) electrons. The summed E-state index contributed by atoms with van der Waals surface area (Å²) in [5.74, 6) is -0.317. The van der Waals surface area contributed by atoms with Gasteiger partial charge in [0.25, 0.3) is 0 Å². The van der Waals surface area contributed by atoms with Gasteiger partial charge in [-0.25, -0.2) is 0 Å². The first-order valence-electron chi connectivity index (χ1n) is 13.6. The maximum absolute atomic E-state index is 10.7. The second kappa shape index (κ2) is 14.2. The molecule has 0 aromatic heterocycles. The minimum Gasteiger partial charge on any atom is -0.396 e. The molecule has 39 heavy (non-hydrogen) atoms. The lowest BCUT2D eigenvalue weighted by atomic mass is 9.83. The quantitative estimate of drug-likeness (QED) is 0.242. The first-order valence-corrected chi connectivity index (χ1v) is 13.6. The normalized spacial score (nSPS) is 22.9. The van der Waals surface area contributed by atoms with Crippen LogP contribution in [0.4, 0.5) is 0 Å². The minimum atomic E-state index is -0.443. The Morgan fingerprint density at radius 1 is 0.564 bits per heavy atom. The molecular formula is C34H36O5. The monoisotopic (exact) mass is 524 g/mol. The van der Waals surface area contributed by atoms with Crippen LogP contribution in [0.25, 0.3) is 0 Å². The van der Waals surface area contributed by atoms with Gasteiger partial charge in [-0.15, -0.1) is 0 Å². The van der Waals surface area contributed by atoms with Crippen molar-refractivity contribution in [3.8, 4) is 0 Å². The van der Waals surface area contributed by atoms with Gasteiger partial charge in [0.05, 0.1) is 45.2 Å². The fraction of sp³-hybridized carbons (Fsp3) is 0.294. The predicted octanol–water partition coefficient (Wildman–Crippen LogP) is 6.12. The van der Waals surface area contributed by atoms with Crippen molar-refractivity contribution in [2.24, 2.45) is 5.92 Å². The summed E-state index contributed by atoms with van der Waals surface area (Å²) >= 11 is 0. The fourth-order valence-electron chi connectivity index (χ4n) is 5.12. The van der Waals surface area contributed by atoms with E-state index in [1.54, 1.807) is 0 Å². The van der Waals surface area contributed by atoms with Crippen molar-refractivity contribution in [3.05, 3.63) is 144 Å². The Morgan fingerprint density at radius 3 is 1.54 bits per heavy atom. The third-order valence-corrected chi connectivity index (χ3v) is 7.13. The summed E-state index contributed by atoms with van der Waals surface area (Å²) in [5.41, 5.74) is 4.23. The van der Waals surface area contributed by atoms with Crippen LogP contribution in [0.2, 0.25) is 0 Å². The number of aliphatic hydroxyl groups excluding tert-OH is 1. The van der Waals surface area contributed by atoms with Crippen LogP contribution in [-0.2, 0) is 38.8 Å². The molecule has 4 aromatic carbocycles. The molecule has 0 bridgehead atoms. The van der Waals surface area contributed by atoms with Gasteiger partial charge in [-0.05, 0) is 22.3 Å². The largest absolute Gasteiger partial charge is 0.396 e. The van der Waals surface area contributed by atoms with Gasteiger partial charge in [0, 0.05) is 5.92 Å². The molecule has 5 rings (SSSR count). The Kier molecular flexibility index (Phi) is 9.91. The van der Waals surface area contributed by atoms with E-state index in [0.29, 0.717) is 26.4 Å². The van der Waals surface area contributed by atoms with Gasteiger partial charge in [0.15, 0.2) is 0 Å². The molecule has 1 aliphatic heterocycles. The average Bonchev–Trinajstić information content (AvgIpc) is 3.01. The number of hydrogen-bond donors (Lipinski definition) is 1. The number of rotatable bonds is 12. The van der Waals surface area contributed by atoms with E-state index in [1.165, 1.54) is 0 Å². The van der Waals surface area contributed by atoms with E-state index in [9.17, 15) is 5.11 Å². The molecule has 0 saturated carbocycles. The average molecular weight is 525 g/mol. The molecule has 202 valence electrons. The summed E-state index contributed by atoms with van der Waals surface area (Å²) in [6, 6.07) is 40.3. The van der Waals surface area contributed by atoms with Crippen LogP contribution in [0.3, 0.4) is 0 Å². The topological polar surface area (TPSA) is 57.2 Å². The Labute approximate surface area is 230 Å². The van der Waals surface area contributed by atoms with Gasteiger partial charge >= 0.3 is 0 Å².